The van der Waals surface area contributed by atoms with Crippen LogP contribution in [0, 0.1) is 15.9 Å². The first-order valence-corrected chi connectivity index (χ1v) is 7.53. The van der Waals surface area contributed by atoms with Crippen molar-refractivity contribution >= 4 is 51.5 Å². The van der Waals surface area contributed by atoms with E-state index in [1.807, 2.05) is 39.8 Å². The van der Waals surface area contributed by atoms with E-state index in [9.17, 15) is 4.79 Å². The number of benzene rings is 1. The van der Waals surface area contributed by atoms with Gasteiger partial charge in [0.2, 0.25) is 5.91 Å². The average Bonchev–Trinajstić information content (AvgIpc) is 2.19. The van der Waals surface area contributed by atoms with Gasteiger partial charge in [-0.3, -0.25) is 4.79 Å². The minimum Gasteiger partial charge on any atom is -0.332 e. The molecule has 0 aromatic heterocycles. The van der Waals surface area contributed by atoms with Gasteiger partial charge in [-0.15, -0.1) is 0 Å². The summed E-state index contributed by atoms with van der Waals surface area (Å²) in [6.07, 6.45) is 0.445. The number of anilines is 1. The molecule has 0 fully saturated rings. The molecule has 3 nitrogen and oxygen atoms in total. The lowest BCUT2D eigenvalue weighted by molar-refractivity contribution is -0.121. The molecule has 1 aromatic rings. The summed E-state index contributed by atoms with van der Waals surface area (Å²) in [5.41, 5.74) is 1.97. The smallest absolute Gasteiger partial charge is 0.226 e. The van der Waals surface area contributed by atoms with Crippen molar-refractivity contribution < 1.29 is 4.79 Å². The Morgan fingerprint density at radius 2 is 2.00 bits per heavy atom. The van der Waals surface area contributed by atoms with Crippen LogP contribution in [0.4, 0.5) is 5.69 Å². The molecule has 1 rings (SSSR count). The van der Waals surface area contributed by atoms with E-state index in [2.05, 4.69) is 39.3 Å². The number of aryl methyl sites for hydroxylation is 1. The molecule has 104 valence electrons. The Hall–Kier alpha value is -0.690. The molecule has 0 aliphatic carbocycles. The molecule has 19 heavy (non-hydrogen) atoms. The monoisotopic (exact) mass is 390 g/mol. The topological polar surface area (TPSA) is 41.1 Å². The van der Waals surface area contributed by atoms with Crippen molar-refractivity contribution in [2.45, 2.75) is 34.1 Å². The molecule has 0 spiro atoms. The van der Waals surface area contributed by atoms with Crippen molar-refractivity contribution in [2.75, 3.05) is 5.32 Å². The van der Waals surface area contributed by atoms with Crippen molar-refractivity contribution in [2.24, 2.45) is 5.41 Å². The second-order valence-corrected chi connectivity index (χ2v) is 7.35. The van der Waals surface area contributed by atoms with Gasteiger partial charge in [-0.25, -0.2) is 0 Å². The maximum atomic E-state index is 11.8. The number of carbonyl (C=O) groups excluding carboxylic acids is 1. The zero-order valence-corrected chi connectivity index (χ0v) is 14.6. The minimum absolute atomic E-state index is 0.0432. The number of amides is 1. The van der Waals surface area contributed by atoms with Gasteiger partial charge in [0.25, 0.3) is 0 Å². The van der Waals surface area contributed by atoms with Gasteiger partial charge in [-0.05, 0) is 70.9 Å². The van der Waals surface area contributed by atoms with E-state index in [0.29, 0.717) is 11.5 Å². The normalized spacial score (nSPS) is 11.0. The van der Waals surface area contributed by atoms with Crippen LogP contribution in [0.25, 0.3) is 0 Å². The summed E-state index contributed by atoms with van der Waals surface area (Å²) < 4.78 is 1.17. The Balaban J connectivity index is 2.58. The highest BCUT2D eigenvalue weighted by Crippen LogP contribution is 2.19. The van der Waals surface area contributed by atoms with Crippen LogP contribution < -0.4 is 10.6 Å². The Morgan fingerprint density at radius 1 is 1.37 bits per heavy atom. The van der Waals surface area contributed by atoms with Crippen molar-refractivity contribution in [3.05, 3.63) is 27.3 Å². The summed E-state index contributed by atoms with van der Waals surface area (Å²) >= 11 is 7.41. The molecule has 0 atom stereocenters. The highest BCUT2D eigenvalue weighted by Gasteiger charge is 2.16. The van der Waals surface area contributed by atoms with E-state index in [0.717, 1.165) is 11.3 Å². The van der Waals surface area contributed by atoms with Gasteiger partial charge in [0.05, 0.1) is 0 Å². The summed E-state index contributed by atoms with van der Waals surface area (Å²) in [4.78, 5) is 11.8. The molecule has 0 aliphatic rings. The van der Waals surface area contributed by atoms with E-state index >= 15 is 0 Å². The van der Waals surface area contributed by atoms with Crippen LogP contribution in [-0.4, -0.2) is 11.0 Å². The largest absolute Gasteiger partial charge is 0.332 e. The second-order valence-electron chi connectivity index (χ2n) is 5.70. The molecule has 0 unspecified atom stereocenters. The highest BCUT2D eigenvalue weighted by atomic mass is 127. The fraction of sp³-hybridized carbons (Fsp3) is 0.429. The van der Waals surface area contributed by atoms with Crippen LogP contribution in [0.1, 0.15) is 32.8 Å². The summed E-state index contributed by atoms with van der Waals surface area (Å²) in [7, 11) is 0. The van der Waals surface area contributed by atoms with Gasteiger partial charge in [0.15, 0.2) is 5.11 Å². The first-order valence-electron chi connectivity index (χ1n) is 6.04. The predicted octanol–water partition coefficient (Wildman–Crippen LogP) is 3.85. The molecular weight excluding hydrogens is 371 g/mol. The van der Waals surface area contributed by atoms with Crippen LogP contribution in [0.5, 0.6) is 0 Å². The van der Waals surface area contributed by atoms with Crippen LogP contribution in [0.2, 0.25) is 0 Å². The average molecular weight is 390 g/mol. The van der Waals surface area contributed by atoms with Crippen LogP contribution in [0.3, 0.4) is 0 Å². The summed E-state index contributed by atoms with van der Waals surface area (Å²) in [5, 5.41) is 6.10. The molecule has 2 N–H and O–H groups in total. The van der Waals surface area contributed by atoms with Crippen LogP contribution in [0.15, 0.2) is 18.2 Å². The first kappa shape index (κ1) is 16.4. The first-order chi connectivity index (χ1) is 8.67. The Bertz CT molecular complexity index is 495. The highest BCUT2D eigenvalue weighted by molar-refractivity contribution is 14.1. The number of nitrogens with one attached hydrogen (secondary N) is 2. The summed E-state index contributed by atoms with van der Waals surface area (Å²) in [5.74, 6) is -0.0619. The van der Waals surface area contributed by atoms with Gasteiger partial charge in [-0.1, -0.05) is 20.8 Å². The van der Waals surface area contributed by atoms with Gasteiger partial charge >= 0.3 is 0 Å². The Morgan fingerprint density at radius 3 is 2.53 bits per heavy atom. The Kier molecular flexibility index (Phi) is 5.73. The van der Waals surface area contributed by atoms with Crippen molar-refractivity contribution in [1.29, 1.82) is 0 Å². The quantitative estimate of drug-likeness (QED) is 0.596. The number of thiocarbonyl (C=S) groups is 1. The number of halogens is 1. The number of rotatable bonds is 2. The molecule has 0 saturated heterocycles. The zero-order valence-electron chi connectivity index (χ0n) is 11.6. The van der Waals surface area contributed by atoms with E-state index in [4.69, 9.17) is 12.2 Å². The Labute approximate surface area is 133 Å². The van der Waals surface area contributed by atoms with Gasteiger partial charge in [0, 0.05) is 15.7 Å². The van der Waals surface area contributed by atoms with Gasteiger partial charge in [0.1, 0.15) is 0 Å². The van der Waals surface area contributed by atoms with Crippen molar-refractivity contribution in [3.63, 3.8) is 0 Å². The lowest BCUT2D eigenvalue weighted by Crippen LogP contribution is -2.36. The maximum Gasteiger partial charge on any atom is 0.226 e. The molecule has 1 aromatic carbocycles. The SMILES string of the molecule is Cc1cc(I)ccc1NC(=S)NC(=O)CC(C)(C)C. The minimum atomic E-state index is -0.0619. The van der Waals surface area contributed by atoms with E-state index in [1.54, 1.807) is 0 Å². The standard InChI is InChI=1S/C14H19IN2OS/c1-9-7-10(15)5-6-11(9)16-13(19)17-12(18)8-14(2,3)4/h5-7H,8H2,1-4H3,(H2,16,17,18,19). The maximum absolute atomic E-state index is 11.8. The van der Waals surface area contributed by atoms with Crippen LogP contribution >= 0.6 is 34.8 Å². The fourth-order valence-electron chi connectivity index (χ4n) is 1.57. The molecule has 0 saturated carbocycles. The fourth-order valence-corrected chi connectivity index (χ4v) is 2.44. The summed E-state index contributed by atoms with van der Waals surface area (Å²) in [6, 6.07) is 6.01. The van der Waals surface area contributed by atoms with E-state index < -0.39 is 0 Å². The molecule has 1 amide bonds. The summed E-state index contributed by atoms with van der Waals surface area (Å²) in [6.45, 7) is 8.06. The third-order valence-corrected chi connectivity index (χ3v) is 3.26. The number of hydrogen-bond donors (Lipinski definition) is 2. The van der Waals surface area contributed by atoms with Crippen LogP contribution in [-0.2, 0) is 4.79 Å². The number of carbonyl (C=O) groups is 1. The molecule has 0 radical (unpaired) electrons. The molecule has 0 bridgehead atoms. The van der Waals surface area contributed by atoms with Crippen molar-refractivity contribution in [1.82, 2.24) is 5.32 Å². The van der Waals surface area contributed by atoms with Crippen molar-refractivity contribution in [3.8, 4) is 0 Å². The van der Waals surface area contributed by atoms with Gasteiger partial charge in [-0.2, -0.15) is 0 Å². The molecule has 0 heterocycles. The zero-order chi connectivity index (χ0) is 14.6. The molecule has 5 heteroatoms. The third-order valence-electron chi connectivity index (χ3n) is 2.38. The third kappa shape index (κ3) is 6.33. The lowest BCUT2D eigenvalue weighted by Gasteiger charge is -2.18. The molecular formula is C14H19IN2OS. The molecule has 0 aliphatic heterocycles. The second kappa shape index (κ2) is 6.65. The lowest BCUT2D eigenvalue weighted by atomic mass is 9.92. The van der Waals surface area contributed by atoms with E-state index in [1.165, 1.54) is 3.57 Å². The predicted molar refractivity (Wildman–Crippen MR) is 92.3 cm³/mol. The van der Waals surface area contributed by atoms with E-state index in [-0.39, 0.29) is 11.3 Å². The number of hydrogen-bond acceptors (Lipinski definition) is 2. The van der Waals surface area contributed by atoms with Gasteiger partial charge < -0.3 is 10.6 Å².